The van der Waals surface area contributed by atoms with Crippen LogP contribution in [-0.2, 0) is 4.74 Å². The maximum absolute atomic E-state index is 5.68. The number of hydrogen-bond donors (Lipinski definition) is 1. The molecule has 0 aliphatic carbocycles. The lowest BCUT2D eigenvalue weighted by Gasteiger charge is -2.03. The number of ether oxygens (including phenoxy) is 1. The summed E-state index contributed by atoms with van der Waals surface area (Å²) in [6, 6.07) is 0. The van der Waals surface area contributed by atoms with Gasteiger partial charge in [0.15, 0.2) is 5.13 Å². The molecule has 1 aromatic rings. The van der Waals surface area contributed by atoms with Gasteiger partial charge in [-0.1, -0.05) is 18.5 Å². The molecule has 0 spiro atoms. The number of thiazole rings is 1. The quantitative estimate of drug-likeness (QED) is 0.737. The second kappa shape index (κ2) is 7.04. The zero-order chi connectivity index (χ0) is 10.2. The molecule has 1 heterocycles. The van der Waals surface area contributed by atoms with Gasteiger partial charge in [0, 0.05) is 25.1 Å². The maximum atomic E-state index is 5.68. The Labute approximate surface area is 93.4 Å². The first-order valence-electron chi connectivity index (χ1n) is 4.75. The topological polar surface area (TPSA) is 34.1 Å². The molecule has 0 fully saturated rings. The molecule has 0 bridgehead atoms. The molecule has 1 aromatic heterocycles. The van der Waals surface area contributed by atoms with E-state index in [1.54, 1.807) is 0 Å². The SMILES string of the molecule is CCCOCCCNc1nc(Cl)cs1. The Morgan fingerprint density at radius 2 is 2.43 bits per heavy atom. The molecule has 0 atom stereocenters. The fraction of sp³-hybridized carbons (Fsp3) is 0.667. The highest BCUT2D eigenvalue weighted by Gasteiger charge is 1.97. The normalized spacial score (nSPS) is 10.4. The van der Waals surface area contributed by atoms with Crippen LogP contribution in [0.25, 0.3) is 0 Å². The lowest BCUT2D eigenvalue weighted by Crippen LogP contribution is -2.05. The Balaban J connectivity index is 1.99. The van der Waals surface area contributed by atoms with E-state index in [2.05, 4.69) is 17.2 Å². The van der Waals surface area contributed by atoms with E-state index in [9.17, 15) is 0 Å². The highest BCUT2D eigenvalue weighted by atomic mass is 35.5. The third-order valence-corrected chi connectivity index (χ3v) is 2.69. The van der Waals surface area contributed by atoms with Crippen molar-refractivity contribution in [2.24, 2.45) is 0 Å². The standard InChI is InChI=1S/C9H15ClN2OS/c1-2-5-13-6-3-4-11-9-12-8(10)7-14-9/h7H,2-6H2,1H3,(H,11,12). The summed E-state index contributed by atoms with van der Waals surface area (Å²) in [7, 11) is 0. The minimum absolute atomic E-state index is 0.555. The van der Waals surface area contributed by atoms with Crippen LogP contribution in [0.2, 0.25) is 5.15 Å². The van der Waals surface area contributed by atoms with Gasteiger partial charge in [0.25, 0.3) is 0 Å². The first kappa shape index (κ1) is 11.8. The van der Waals surface area contributed by atoms with Gasteiger partial charge in [0.05, 0.1) is 0 Å². The predicted molar refractivity (Wildman–Crippen MR) is 61.3 cm³/mol. The van der Waals surface area contributed by atoms with Crippen LogP contribution < -0.4 is 5.32 Å². The monoisotopic (exact) mass is 234 g/mol. The van der Waals surface area contributed by atoms with Crippen LogP contribution in [0.15, 0.2) is 5.38 Å². The molecular formula is C9H15ClN2OS. The minimum atomic E-state index is 0.555. The zero-order valence-electron chi connectivity index (χ0n) is 8.25. The number of nitrogens with zero attached hydrogens (tertiary/aromatic N) is 1. The Kier molecular flexibility index (Phi) is 5.91. The van der Waals surface area contributed by atoms with Crippen molar-refractivity contribution in [1.29, 1.82) is 0 Å². The number of hydrogen-bond acceptors (Lipinski definition) is 4. The highest BCUT2D eigenvalue weighted by molar-refractivity contribution is 7.14. The fourth-order valence-corrected chi connectivity index (χ4v) is 1.82. The van der Waals surface area contributed by atoms with Crippen molar-refractivity contribution in [3.8, 4) is 0 Å². The van der Waals surface area contributed by atoms with Crippen LogP contribution in [-0.4, -0.2) is 24.7 Å². The second-order valence-corrected chi connectivity index (χ2v) is 4.11. The Morgan fingerprint density at radius 1 is 1.57 bits per heavy atom. The van der Waals surface area contributed by atoms with Crippen molar-refractivity contribution in [1.82, 2.24) is 4.98 Å². The molecule has 5 heteroatoms. The average Bonchev–Trinajstić information content (AvgIpc) is 2.58. The number of halogens is 1. The fourth-order valence-electron chi connectivity index (χ4n) is 0.951. The predicted octanol–water partition coefficient (Wildman–Crippen LogP) is 3.03. The third-order valence-electron chi connectivity index (χ3n) is 1.57. The summed E-state index contributed by atoms with van der Waals surface area (Å²) in [6.07, 6.45) is 2.08. The van der Waals surface area contributed by atoms with E-state index >= 15 is 0 Å². The van der Waals surface area contributed by atoms with Gasteiger partial charge < -0.3 is 10.1 Å². The van der Waals surface area contributed by atoms with Gasteiger partial charge in [0.1, 0.15) is 5.15 Å². The minimum Gasteiger partial charge on any atom is -0.381 e. The van der Waals surface area contributed by atoms with Crippen molar-refractivity contribution < 1.29 is 4.74 Å². The summed E-state index contributed by atoms with van der Waals surface area (Å²) in [5.74, 6) is 0. The summed E-state index contributed by atoms with van der Waals surface area (Å²) in [5, 5.41) is 6.44. The van der Waals surface area contributed by atoms with Gasteiger partial charge in [0.2, 0.25) is 0 Å². The lowest BCUT2D eigenvalue weighted by molar-refractivity contribution is 0.134. The summed E-state index contributed by atoms with van der Waals surface area (Å²) in [5.41, 5.74) is 0. The van der Waals surface area contributed by atoms with Gasteiger partial charge in [-0.15, -0.1) is 11.3 Å². The molecule has 1 N–H and O–H groups in total. The Bertz CT molecular complexity index is 255. The Hall–Kier alpha value is -0.320. The van der Waals surface area contributed by atoms with Crippen molar-refractivity contribution in [3.63, 3.8) is 0 Å². The Morgan fingerprint density at radius 3 is 3.07 bits per heavy atom. The van der Waals surface area contributed by atoms with Crippen LogP contribution in [0.4, 0.5) is 5.13 Å². The van der Waals surface area contributed by atoms with E-state index < -0.39 is 0 Å². The summed E-state index contributed by atoms with van der Waals surface area (Å²) in [6.45, 7) is 4.65. The molecule has 0 unspecified atom stereocenters. The van der Waals surface area contributed by atoms with Crippen molar-refractivity contribution >= 4 is 28.1 Å². The van der Waals surface area contributed by atoms with Crippen LogP contribution >= 0.6 is 22.9 Å². The largest absolute Gasteiger partial charge is 0.381 e. The molecule has 0 aromatic carbocycles. The van der Waals surface area contributed by atoms with E-state index in [1.807, 2.05) is 5.38 Å². The van der Waals surface area contributed by atoms with Crippen molar-refractivity contribution in [3.05, 3.63) is 10.5 Å². The van der Waals surface area contributed by atoms with E-state index in [0.29, 0.717) is 5.15 Å². The number of rotatable bonds is 7. The molecular weight excluding hydrogens is 220 g/mol. The van der Waals surface area contributed by atoms with Crippen LogP contribution in [0.5, 0.6) is 0 Å². The molecule has 80 valence electrons. The van der Waals surface area contributed by atoms with Crippen LogP contribution in [0.3, 0.4) is 0 Å². The van der Waals surface area contributed by atoms with Gasteiger partial charge in [-0.05, 0) is 12.8 Å². The van der Waals surface area contributed by atoms with E-state index in [-0.39, 0.29) is 0 Å². The first-order chi connectivity index (χ1) is 6.83. The van der Waals surface area contributed by atoms with Gasteiger partial charge in [-0.3, -0.25) is 0 Å². The average molecular weight is 235 g/mol. The molecule has 0 aliphatic rings. The zero-order valence-corrected chi connectivity index (χ0v) is 9.83. The number of aromatic nitrogens is 1. The van der Waals surface area contributed by atoms with E-state index in [1.165, 1.54) is 11.3 Å². The van der Waals surface area contributed by atoms with Gasteiger partial charge >= 0.3 is 0 Å². The second-order valence-electron chi connectivity index (χ2n) is 2.87. The first-order valence-corrected chi connectivity index (χ1v) is 6.01. The van der Waals surface area contributed by atoms with Crippen LogP contribution in [0, 0.1) is 0 Å². The van der Waals surface area contributed by atoms with Crippen LogP contribution in [0.1, 0.15) is 19.8 Å². The van der Waals surface area contributed by atoms with Crippen molar-refractivity contribution in [2.45, 2.75) is 19.8 Å². The molecule has 1 rings (SSSR count). The molecule has 14 heavy (non-hydrogen) atoms. The smallest absolute Gasteiger partial charge is 0.184 e. The third kappa shape index (κ3) is 4.79. The highest BCUT2D eigenvalue weighted by Crippen LogP contribution is 2.18. The number of nitrogens with one attached hydrogen (secondary N) is 1. The molecule has 3 nitrogen and oxygen atoms in total. The molecule has 0 amide bonds. The van der Waals surface area contributed by atoms with E-state index in [4.69, 9.17) is 16.3 Å². The molecule has 0 aliphatic heterocycles. The van der Waals surface area contributed by atoms with Gasteiger partial charge in [-0.25, -0.2) is 4.98 Å². The molecule has 0 radical (unpaired) electrons. The summed E-state index contributed by atoms with van der Waals surface area (Å²) >= 11 is 7.20. The molecule has 0 saturated heterocycles. The molecule has 0 saturated carbocycles. The number of anilines is 1. The maximum Gasteiger partial charge on any atom is 0.184 e. The van der Waals surface area contributed by atoms with Crippen molar-refractivity contribution in [2.75, 3.05) is 25.1 Å². The summed E-state index contributed by atoms with van der Waals surface area (Å²) < 4.78 is 5.34. The summed E-state index contributed by atoms with van der Waals surface area (Å²) in [4.78, 5) is 4.08. The van der Waals surface area contributed by atoms with Gasteiger partial charge in [-0.2, -0.15) is 0 Å². The lowest BCUT2D eigenvalue weighted by atomic mass is 10.4. The van der Waals surface area contributed by atoms with E-state index in [0.717, 1.165) is 37.7 Å².